The summed E-state index contributed by atoms with van der Waals surface area (Å²) in [5.74, 6) is 0.968. The molecule has 1 aliphatic carbocycles. The third-order valence-electron chi connectivity index (χ3n) is 4.49. The van der Waals surface area contributed by atoms with Crippen LogP contribution in [0.25, 0.3) is 0 Å². The smallest absolute Gasteiger partial charge is 0.254 e. The van der Waals surface area contributed by atoms with Crippen LogP contribution in [0, 0.1) is 0 Å². The van der Waals surface area contributed by atoms with Gasteiger partial charge in [0.05, 0.1) is 0 Å². The van der Waals surface area contributed by atoms with Crippen molar-refractivity contribution in [1.82, 2.24) is 9.88 Å². The number of anilines is 1. The van der Waals surface area contributed by atoms with Crippen molar-refractivity contribution in [1.29, 1.82) is 0 Å². The van der Waals surface area contributed by atoms with Crippen molar-refractivity contribution in [2.45, 2.75) is 71.3 Å². The van der Waals surface area contributed by atoms with Gasteiger partial charge in [0.1, 0.15) is 5.82 Å². The van der Waals surface area contributed by atoms with Crippen molar-refractivity contribution in [3.63, 3.8) is 0 Å². The fourth-order valence-corrected chi connectivity index (χ4v) is 3.31. The topological polar surface area (TPSA) is 45.2 Å². The van der Waals surface area contributed by atoms with Gasteiger partial charge < -0.3 is 10.2 Å². The molecular formula is C19H31N3O. The van der Waals surface area contributed by atoms with E-state index in [9.17, 15) is 4.79 Å². The van der Waals surface area contributed by atoms with Crippen LogP contribution in [-0.2, 0) is 0 Å². The summed E-state index contributed by atoms with van der Waals surface area (Å²) in [5.41, 5.74) is 0.748. The molecule has 1 aromatic rings. The highest BCUT2D eigenvalue weighted by atomic mass is 16.2. The zero-order chi connectivity index (χ0) is 16.5. The van der Waals surface area contributed by atoms with E-state index < -0.39 is 0 Å². The first-order chi connectivity index (χ1) is 11.2. The van der Waals surface area contributed by atoms with E-state index in [-0.39, 0.29) is 5.91 Å². The van der Waals surface area contributed by atoms with Gasteiger partial charge in [0.25, 0.3) is 5.91 Å². The molecule has 1 aliphatic rings. The number of nitrogens with zero attached hydrogens (tertiary/aromatic N) is 2. The third kappa shape index (κ3) is 5.52. The Labute approximate surface area is 140 Å². The number of hydrogen-bond acceptors (Lipinski definition) is 3. The Bertz CT molecular complexity index is 475. The van der Waals surface area contributed by atoms with Crippen LogP contribution < -0.4 is 5.32 Å². The summed E-state index contributed by atoms with van der Waals surface area (Å²) in [6.45, 7) is 5.86. The zero-order valence-electron chi connectivity index (χ0n) is 14.7. The minimum atomic E-state index is 0.125. The zero-order valence-corrected chi connectivity index (χ0v) is 14.7. The molecule has 4 heteroatoms. The molecule has 0 bridgehead atoms. The Morgan fingerprint density at radius 2 is 1.83 bits per heavy atom. The summed E-state index contributed by atoms with van der Waals surface area (Å²) < 4.78 is 0. The molecular weight excluding hydrogens is 286 g/mol. The van der Waals surface area contributed by atoms with Crippen LogP contribution in [0.5, 0.6) is 0 Å². The molecule has 0 radical (unpaired) electrons. The Balaban J connectivity index is 2.04. The molecule has 0 saturated heterocycles. The molecule has 4 nitrogen and oxygen atoms in total. The predicted molar refractivity (Wildman–Crippen MR) is 95.8 cm³/mol. The fraction of sp³-hybridized carbons (Fsp3) is 0.684. The van der Waals surface area contributed by atoms with Gasteiger partial charge in [-0.1, -0.05) is 39.5 Å². The van der Waals surface area contributed by atoms with E-state index in [2.05, 4.69) is 24.1 Å². The first-order valence-electron chi connectivity index (χ1n) is 9.26. The van der Waals surface area contributed by atoms with Gasteiger partial charge in [0, 0.05) is 30.9 Å². The van der Waals surface area contributed by atoms with Crippen molar-refractivity contribution >= 4 is 11.7 Å². The van der Waals surface area contributed by atoms with E-state index >= 15 is 0 Å². The van der Waals surface area contributed by atoms with Gasteiger partial charge in [-0.2, -0.15) is 0 Å². The lowest BCUT2D eigenvalue weighted by Crippen LogP contribution is -2.32. The Kier molecular flexibility index (Phi) is 7.37. The van der Waals surface area contributed by atoms with Gasteiger partial charge in [0.15, 0.2) is 0 Å². The molecule has 0 aliphatic heterocycles. The second kappa shape index (κ2) is 9.53. The van der Waals surface area contributed by atoms with E-state index in [1.54, 1.807) is 6.20 Å². The third-order valence-corrected chi connectivity index (χ3v) is 4.49. The summed E-state index contributed by atoms with van der Waals surface area (Å²) in [4.78, 5) is 19.1. The number of carbonyl (C=O) groups is 1. The van der Waals surface area contributed by atoms with E-state index in [0.717, 1.165) is 37.3 Å². The summed E-state index contributed by atoms with van der Waals surface area (Å²) in [6.07, 6.45) is 11.4. The van der Waals surface area contributed by atoms with Crippen LogP contribution in [0.2, 0.25) is 0 Å². The lowest BCUT2D eigenvalue weighted by Gasteiger charge is -2.22. The molecule has 1 fully saturated rings. The van der Waals surface area contributed by atoms with Gasteiger partial charge in [-0.3, -0.25) is 4.79 Å². The van der Waals surface area contributed by atoms with Gasteiger partial charge in [0.2, 0.25) is 0 Å². The van der Waals surface area contributed by atoms with Crippen molar-refractivity contribution in [3.05, 3.63) is 23.9 Å². The number of rotatable bonds is 7. The van der Waals surface area contributed by atoms with Crippen LogP contribution in [0.3, 0.4) is 0 Å². The summed E-state index contributed by atoms with van der Waals surface area (Å²) in [6, 6.07) is 4.25. The van der Waals surface area contributed by atoms with E-state index in [1.165, 1.54) is 38.5 Å². The average molecular weight is 317 g/mol. The highest BCUT2D eigenvalue weighted by molar-refractivity contribution is 5.94. The highest BCUT2D eigenvalue weighted by Crippen LogP contribution is 2.21. The molecule has 0 spiro atoms. The van der Waals surface area contributed by atoms with Gasteiger partial charge in [-0.15, -0.1) is 0 Å². The molecule has 128 valence electrons. The maximum Gasteiger partial charge on any atom is 0.254 e. The number of pyridine rings is 1. The second-order valence-corrected chi connectivity index (χ2v) is 6.55. The van der Waals surface area contributed by atoms with E-state index in [4.69, 9.17) is 0 Å². The average Bonchev–Trinajstić information content (AvgIpc) is 2.83. The second-order valence-electron chi connectivity index (χ2n) is 6.55. The summed E-state index contributed by atoms with van der Waals surface area (Å²) in [7, 11) is 0. The van der Waals surface area contributed by atoms with Gasteiger partial charge in [-0.25, -0.2) is 4.98 Å². The van der Waals surface area contributed by atoms with Gasteiger partial charge >= 0.3 is 0 Å². The number of aromatic nitrogens is 1. The number of hydrogen-bond donors (Lipinski definition) is 1. The Hall–Kier alpha value is -1.58. The SMILES string of the molecule is CCCN(CCC)C(=O)c1ccnc(NC2CCCCCC2)c1. The summed E-state index contributed by atoms with van der Waals surface area (Å²) in [5, 5.41) is 3.54. The molecule has 0 atom stereocenters. The lowest BCUT2D eigenvalue weighted by atomic mass is 10.1. The quantitative estimate of drug-likeness (QED) is 0.754. The number of amides is 1. The molecule has 2 rings (SSSR count). The minimum Gasteiger partial charge on any atom is -0.367 e. The van der Waals surface area contributed by atoms with E-state index in [0.29, 0.717) is 6.04 Å². The Morgan fingerprint density at radius 3 is 2.43 bits per heavy atom. The monoisotopic (exact) mass is 317 g/mol. The molecule has 23 heavy (non-hydrogen) atoms. The lowest BCUT2D eigenvalue weighted by molar-refractivity contribution is 0.0755. The van der Waals surface area contributed by atoms with Crippen molar-refractivity contribution < 1.29 is 4.79 Å². The molecule has 1 saturated carbocycles. The maximum atomic E-state index is 12.7. The van der Waals surface area contributed by atoms with Crippen LogP contribution in [0.4, 0.5) is 5.82 Å². The van der Waals surface area contributed by atoms with Crippen LogP contribution >= 0.6 is 0 Å². The van der Waals surface area contributed by atoms with Crippen molar-refractivity contribution in [2.24, 2.45) is 0 Å². The number of nitrogens with one attached hydrogen (secondary N) is 1. The van der Waals surface area contributed by atoms with Crippen LogP contribution in [0.1, 0.15) is 75.6 Å². The number of carbonyl (C=O) groups excluding carboxylic acids is 1. The first kappa shape index (κ1) is 17.8. The first-order valence-corrected chi connectivity index (χ1v) is 9.26. The van der Waals surface area contributed by atoms with E-state index in [1.807, 2.05) is 17.0 Å². The molecule has 1 aromatic heterocycles. The molecule has 1 N–H and O–H groups in total. The predicted octanol–water partition coefficient (Wildman–Crippen LogP) is 4.48. The molecule has 1 heterocycles. The highest BCUT2D eigenvalue weighted by Gasteiger charge is 2.16. The van der Waals surface area contributed by atoms with Crippen molar-refractivity contribution in [2.75, 3.05) is 18.4 Å². The Morgan fingerprint density at radius 1 is 1.17 bits per heavy atom. The van der Waals surface area contributed by atoms with Gasteiger partial charge in [-0.05, 0) is 37.8 Å². The standard InChI is InChI=1S/C19H31N3O/c1-3-13-22(14-4-2)19(23)16-11-12-20-18(15-16)21-17-9-7-5-6-8-10-17/h11-12,15,17H,3-10,13-14H2,1-2H3,(H,20,21). The van der Waals surface area contributed by atoms with Crippen molar-refractivity contribution in [3.8, 4) is 0 Å². The molecule has 1 amide bonds. The molecule has 0 unspecified atom stereocenters. The largest absolute Gasteiger partial charge is 0.367 e. The normalized spacial score (nSPS) is 15.9. The molecule has 0 aromatic carbocycles. The van der Waals surface area contributed by atoms with Crippen LogP contribution in [-0.4, -0.2) is 34.9 Å². The minimum absolute atomic E-state index is 0.125. The summed E-state index contributed by atoms with van der Waals surface area (Å²) >= 11 is 0. The maximum absolute atomic E-state index is 12.7. The fourth-order valence-electron chi connectivity index (χ4n) is 3.31. The van der Waals surface area contributed by atoms with Crippen LogP contribution in [0.15, 0.2) is 18.3 Å².